The van der Waals surface area contributed by atoms with Crippen LogP contribution in [0.15, 0.2) is 53.2 Å². The van der Waals surface area contributed by atoms with Gasteiger partial charge in [0.15, 0.2) is 0 Å². The van der Waals surface area contributed by atoms with Gasteiger partial charge < -0.3 is 14.8 Å². The summed E-state index contributed by atoms with van der Waals surface area (Å²) in [5, 5.41) is 2.85. The van der Waals surface area contributed by atoms with E-state index in [4.69, 9.17) is 9.47 Å². The minimum absolute atomic E-state index is 0.164. The number of aryl methyl sites for hydroxylation is 2. The van der Waals surface area contributed by atoms with Crippen molar-refractivity contribution in [1.82, 2.24) is 5.32 Å². The Bertz CT molecular complexity index is 867. The molecule has 0 saturated carbocycles. The van der Waals surface area contributed by atoms with Gasteiger partial charge in [-0.1, -0.05) is 18.2 Å². The molecule has 1 aliphatic rings. The van der Waals surface area contributed by atoms with Gasteiger partial charge in [-0.3, -0.25) is 4.79 Å². The molecule has 0 radical (unpaired) electrons. The number of benzene rings is 2. The molecule has 1 heterocycles. The fourth-order valence-electron chi connectivity index (χ4n) is 2.84. The Morgan fingerprint density at radius 3 is 2.46 bits per heavy atom. The molecule has 0 aliphatic carbocycles. The number of hydrogen-bond acceptors (Lipinski definition) is 4. The molecule has 0 fully saturated rings. The van der Waals surface area contributed by atoms with Gasteiger partial charge in [0.25, 0.3) is 5.91 Å². The van der Waals surface area contributed by atoms with Crippen LogP contribution in [0.5, 0.6) is 11.5 Å². The first kappa shape index (κ1) is 17.7. The summed E-state index contributed by atoms with van der Waals surface area (Å²) in [6.07, 6.45) is 3.28. The van der Waals surface area contributed by atoms with Crippen LogP contribution in [0.4, 0.5) is 0 Å². The van der Waals surface area contributed by atoms with Gasteiger partial charge in [-0.05, 0) is 60.4 Å². The van der Waals surface area contributed by atoms with Crippen molar-refractivity contribution in [3.63, 3.8) is 0 Å². The summed E-state index contributed by atoms with van der Waals surface area (Å²) in [5.74, 6) is 2.19. The summed E-state index contributed by atoms with van der Waals surface area (Å²) in [5.41, 5.74) is 3.54. The molecular formula is C21H22N2O3. The predicted octanol–water partition coefficient (Wildman–Crippen LogP) is 3.51. The first-order valence-electron chi connectivity index (χ1n) is 8.47. The highest BCUT2D eigenvalue weighted by atomic mass is 16.5. The molecule has 3 rings (SSSR count). The number of amidine groups is 1. The number of ether oxygens (including phenoxy) is 2. The molecule has 5 heteroatoms. The lowest BCUT2D eigenvalue weighted by Crippen LogP contribution is -2.24. The smallest absolute Gasteiger partial charge is 0.275 e. The minimum atomic E-state index is -0.164. The Morgan fingerprint density at radius 1 is 1.04 bits per heavy atom. The first-order chi connectivity index (χ1) is 12.6. The first-order valence-corrected chi connectivity index (χ1v) is 8.47. The number of nitrogens with zero attached hydrogens (tertiary/aromatic N) is 1. The quantitative estimate of drug-likeness (QED) is 0.811. The van der Waals surface area contributed by atoms with Crippen LogP contribution < -0.4 is 14.8 Å². The van der Waals surface area contributed by atoms with E-state index >= 15 is 0 Å². The number of hydrogen-bond donors (Lipinski definition) is 1. The van der Waals surface area contributed by atoms with Crippen LogP contribution in [0.2, 0.25) is 0 Å². The topological polar surface area (TPSA) is 59.9 Å². The molecule has 5 nitrogen and oxygen atoms in total. The normalized spacial score (nSPS) is 15.0. The number of aliphatic imine (C=N–C) groups is 1. The van der Waals surface area contributed by atoms with Crippen molar-refractivity contribution in [2.75, 3.05) is 14.2 Å². The van der Waals surface area contributed by atoms with Crippen LogP contribution in [-0.4, -0.2) is 26.0 Å². The van der Waals surface area contributed by atoms with Gasteiger partial charge in [0.05, 0.1) is 14.2 Å². The van der Waals surface area contributed by atoms with Gasteiger partial charge in [0.2, 0.25) is 0 Å². The molecule has 0 atom stereocenters. The molecule has 1 amide bonds. The number of nitrogens with one attached hydrogen (secondary N) is 1. The highest BCUT2D eigenvalue weighted by Crippen LogP contribution is 2.21. The van der Waals surface area contributed by atoms with Crippen molar-refractivity contribution < 1.29 is 14.3 Å². The lowest BCUT2D eigenvalue weighted by molar-refractivity contribution is -0.115. The zero-order chi connectivity index (χ0) is 18.5. The van der Waals surface area contributed by atoms with Crippen LogP contribution in [0.1, 0.15) is 23.1 Å². The summed E-state index contributed by atoms with van der Waals surface area (Å²) >= 11 is 0. The van der Waals surface area contributed by atoms with E-state index in [1.165, 1.54) is 5.56 Å². The molecule has 0 aromatic heterocycles. The Kier molecular flexibility index (Phi) is 5.37. The predicted molar refractivity (Wildman–Crippen MR) is 103 cm³/mol. The standard InChI is InChI=1S/C21H22N2O3/c1-14-12-16(6-10-19(14)26-3)13-18-21(24)23-20(22-18)11-7-15-4-8-17(25-2)9-5-15/h4-6,8-10,12-13H,7,11H2,1-3H3,(H,22,23,24)/b18-13+. The molecule has 2 aromatic rings. The molecule has 1 N–H and O–H groups in total. The Morgan fingerprint density at radius 2 is 1.81 bits per heavy atom. The van der Waals surface area contributed by atoms with Crippen molar-refractivity contribution in [2.24, 2.45) is 4.99 Å². The largest absolute Gasteiger partial charge is 0.497 e. The second-order valence-electron chi connectivity index (χ2n) is 6.12. The second-order valence-corrected chi connectivity index (χ2v) is 6.12. The van der Waals surface area contributed by atoms with Gasteiger partial charge in [-0.15, -0.1) is 0 Å². The summed E-state index contributed by atoms with van der Waals surface area (Å²) < 4.78 is 10.4. The van der Waals surface area contributed by atoms with Gasteiger partial charge in [-0.25, -0.2) is 4.99 Å². The van der Waals surface area contributed by atoms with Gasteiger partial charge >= 0.3 is 0 Å². The Balaban J connectivity index is 1.68. The monoisotopic (exact) mass is 350 g/mol. The van der Waals surface area contributed by atoms with Crippen LogP contribution >= 0.6 is 0 Å². The number of methoxy groups -OCH3 is 2. The van der Waals surface area contributed by atoms with E-state index in [2.05, 4.69) is 10.3 Å². The fraction of sp³-hybridized carbons (Fsp3) is 0.238. The molecule has 0 saturated heterocycles. The van der Waals surface area contributed by atoms with Crippen LogP contribution in [-0.2, 0) is 11.2 Å². The number of amides is 1. The Hall–Kier alpha value is -3.08. The number of carbonyl (C=O) groups is 1. The van der Waals surface area contributed by atoms with E-state index in [1.807, 2.05) is 49.4 Å². The molecule has 0 bridgehead atoms. The molecule has 0 unspecified atom stereocenters. The highest BCUT2D eigenvalue weighted by Gasteiger charge is 2.19. The van der Waals surface area contributed by atoms with Crippen molar-refractivity contribution >= 4 is 17.8 Å². The van der Waals surface area contributed by atoms with Crippen molar-refractivity contribution in [2.45, 2.75) is 19.8 Å². The maximum Gasteiger partial charge on any atom is 0.275 e. The van der Waals surface area contributed by atoms with E-state index in [9.17, 15) is 4.79 Å². The van der Waals surface area contributed by atoms with Crippen LogP contribution in [0.25, 0.3) is 6.08 Å². The zero-order valence-electron chi connectivity index (χ0n) is 15.2. The number of rotatable bonds is 6. The lowest BCUT2D eigenvalue weighted by Gasteiger charge is -2.04. The van der Waals surface area contributed by atoms with E-state index in [1.54, 1.807) is 20.3 Å². The summed E-state index contributed by atoms with van der Waals surface area (Å²) in [7, 11) is 3.29. The lowest BCUT2D eigenvalue weighted by atomic mass is 10.1. The average molecular weight is 350 g/mol. The molecule has 1 aliphatic heterocycles. The third kappa shape index (κ3) is 4.11. The van der Waals surface area contributed by atoms with Crippen molar-refractivity contribution in [3.8, 4) is 11.5 Å². The third-order valence-corrected chi connectivity index (χ3v) is 4.28. The third-order valence-electron chi connectivity index (χ3n) is 4.28. The molecular weight excluding hydrogens is 328 g/mol. The highest BCUT2D eigenvalue weighted by molar-refractivity contribution is 6.14. The van der Waals surface area contributed by atoms with E-state index in [-0.39, 0.29) is 5.91 Å². The summed E-state index contributed by atoms with van der Waals surface area (Å²) in [6, 6.07) is 13.7. The maximum atomic E-state index is 12.2. The SMILES string of the molecule is COc1ccc(CCC2=N/C(=C/c3ccc(OC)c(C)c3)C(=O)N2)cc1. The zero-order valence-corrected chi connectivity index (χ0v) is 15.2. The molecule has 2 aromatic carbocycles. The maximum absolute atomic E-state index is 12.2. The van der Waals surface area contributed by atoms with E-state index in [0.717, 1.165) is 29.0 Å². The van der Waals surface area contributed by atoms with Crippen LogP contribution in [0, 0.1) is 6.92 Å². The van der Waals surface area contributed by atoms with Crippen molar-refractivity contribution in [3.05, 3.63) is 64.9 Å². The van der Waals surface area contributed by atoms with Crippen molar-refractivity contribution in [1.29, 1.82) is 0 Å². The number of carbonyl (C=O) groups excluding carboxylic acids is 1. The Labute approximate surface area is 153 Å². The molecule has 0 spiro atoms. The average Bonchev–Trinajstić information content (AvgIpc) is 3.00. The summed E-state index contributed by atoms with van der Waals surface area (Å²) in [6.45, 7) is 1.97. The second kappa shape index (κ2) is 7.87. The van der Waals surface area contributed by atoms with E-state index < -0.39 is 0 Å². The summed E-state index contributed by atoms with van der Waals surface area (Å²) in [4.78, 5) is 16.6. The van der Waals surface area contributed by atoms with Gasteiger partial charge in [0.1, 0.15) is 23.0 Å². The van der Waals surface area contributed by atoms with E-state index in [0.29, 0.717) is 18.0 Å². The molecule has 134 valence electrons. The van der Waals surface area contributed by atoms with Gasteiger partial charge in [-0.2, -0.15) is 0 Å². The van der Waals surface area contributed by atoms with Gasteiger partial charge in [0, 0.05) is 6.42 Å². The minimum Gasteiger partial charge on any atom is -0.497 e. The van der Waals surface area contributed by atoms with Crippen LogP contribution in [0.3, 0.4) is 0 Å². The molecule has 26 heavy (non-hydrogen) atoms. The fourth-order valence-corrected chi connectivity index (χ4v) is 2.84.